The maximum Gasteiger partial charge on any atom is 0.236 e. The van der Waals surface area contributed by atoms with E-state index in [0.29, 0.717) is 0 Å². The van der Waals surface area contributed by atoms with Gasteiger partial charge in [-0.2, -0.15) is 0 Å². The van der Waals surface area contributed by atoms with Crippen LogP contribution < -0.4 is 0 Å². The predicted molar refractivity (Wildman–Crippen MR) is 78.2 cm³/mol. The molecule has 0 N–H and O–H groups in total. The Morgan fingerprint density at radius 3 is 3.21 bits per heavy atom. The first-order chi connectivity index (χ1) is 9.36. The van der Waals surface area contributed by atoms with Crippen LogP contribution in [-0.2, 0) is 6.54 Å². The van der Waals surface area contributed by atoms with Gasteiger partial charge in [0.25, 0.3) is 0 Å². The van der Waals surface area contributed by atoms with E-state index in [0.717, 1.165) is 29.0 Å². The van der Waals surface area contributed by atoms with E-state index in [1.54, 1.807) is 11.3 Å². The largest absolute Gasteiger partial charge is 0.444 e. The molecule has 3 nitrogen and oxygen atoms in total. The molecule has 1 fully saturated rings. The first-order valence-electron chi connectivity index (χ1n) is 7.09. The zero-order valence-electron chi connectivity index (χ0n) is 11.3. The summed E-state index contributed by atoms with van der Waals surface area (Å²) in [7, 11) is 0. The minimum atomic E-state index is 0.718. The molecule has 0 amide bonds. The molecule has 3 rings (SSSR count). The van der Waals surface area contributed by atoms with Gasteiger partial charge in [0.2, 0.25) is 5.89 Å². The van der Waals surface area contributed by atoms with Crippen molar-refractivity contribution in [3.05, 3.63) is 29.5 Å². The lowest BCUT2D eigenvalue weighted by molar-refractivity contribution is 0.134. The Balaban J connectivity index is 1.69. The van der Waals surface area contributed by atoms with Gasteiger partial charge in [-0.05, 0) is 37.3 Å². The van der Waals surface area contributed by atoms with Crippen LogP contribution in [-0.4, -0.2) is 22.5 Å². The normalized spacial score (nSPS) is 20.8. The standard InChI is InChI=1S/C15H20N2OS/c1-2-13-6-3-4-8-17(13)10-12-11-18-15(16-12)14-7-5-9-19-14/h5,7,9,11,13H,2-4,6,8,10H2,1H3. The number of aromatic nitrogens is 1. The van der Waals surface area contributed by atoms with Crippen molar-refractivity contribution in [3.63, 3.8) is 0 Å². The van der Waals surface area contributed by atoms with Crippen molar-refractivity contribution < 1.29 is 4.42 Å². The Labute approximate surface area is 118 Å². The van der Waals surface area contributed by atoms with Crippen LogP contribution in [0.15, 0.2) is 28.2 Å². The first kappa shape index (κ1) is 12.9. The molecule has 1 aliphatic heterocycles. The Hall–Kier alpha value is -1.13. The monoisotopic (exact) mass is 276 g/mol. The van der Waals surface area contributed by atoms with Crippen molar-refractivity contribution in [1.29, 1.82) is 0 Å². The lowest BCUT2D eigenvalue weighted by atomic mass is 10.00. The summed E-state index contributed by atoms with van der Waals surface area (Å²) in [5, 5.41) is 2.05. The second-order valence-corrected chi connectivity index (χ2v) is 6.10. The molecule has 0 radical (unpaired) electrons. The van der Waals surface area contributed by atoms with Gasteiger partial charge >= 0.3 is 0 Å². The third-order valence-electron chi connectivity index (χ3n) is 3.87. The maximum atomic E-state index is 5.59. The van der Waals surface area contributed by atoms with E-state index >= 15 is 0 Å². The Morgan fingerprint density at radius 2 is 2.42 bits per heavy atom. The summed E-state index contributed by atoms with van der Waals surface area (Å²) < 4.78 is 5.59. The van der Waals surface area contributed by atoms with Crippen molar-refractivity contribution in [2.45, 2.75) is 45.2 Å². The molecule has 2 aromatic rings. The summed E-state index contributed by atoms with van der Waals surface area (Å²) in [5.41, 5.74) is 1.06. The molecule has 4 heteroatoms. The molecular formula is C15H20N2OS. The van der Waals surface area contributed by atoms with Crippen molar-refractivity contribution in [2.24, 2.45) is 0 Å². The highest BCUT2D eigenvalue weighted by Gasteiger charge is 2.22. The van der Waals surface area contributed by atoms with E-state index in [-0.39, 0.29) is 0 Å². The van der Waals surface area contributed by atoms with Crippen LogP contribution in [0.5, 0.6) is 0 Å². The third kappa shape index (κ3) is 2.90. The highest BCUT2D eigenvalue weighted by atomic mass is 32.1. The van der Waals surface area contributed by atoms with Crippen LogP contribution in [0.2, 0.25) is 0 Å². The molecule has 2 aromatic heterocycles. The summed E-state index contributed by atoms with van der Waals surface area (Å²) >= 11 is 1.67. The SMILES string of the molecule is CCC1CCCCN1Cc1coc(-c2cccs2)n1. The number of likely N-dealkylation sites (tertiary alicyclic amines) is 1. The number of hydrogen-bond acceptors (Lipinski definition) is 4. The van der Waals surface area contributed by atoms with Crippen molar-refractivity contribution in [3.8, 4) is 10.8 Å². The van der Waals surface area contributed by atoms with E-state index in [9.17, 15) is 0 Å². The highest BCUT2D eigenvalue weighted by molar-refractivity contribution is 7.13. The van der Waals surface area contributed by atoms with Crippen molar-refractivity contribution in [1.82, 2.24) is 9.88 Å². The zero-order valence-corrected chi connectivity index (χ0v) is 12.2. The molecule has 1 saturated heterocycles. The van der Waals surface area contributed by atoms with Gasteiger partial charge in [0.1, 0.15) is 6.26 Å². The molecule has 1 unspecified atom stereocenters. The van der Waals surface area contributed by atoms with Gasteiger partial charge in [-0.25, -0.2) is 4.98 Å². The number of piperidine rings is 1. The molecule has 3 heterocycles. The molecular weight excluding hydrogens is 256 g/mol. The molecule has 102 valence electrons. The Bertz CT molecular complexity index is 506. The number of thiophene rings is 1. The second-order valence-electron chi connectivity index (χ2n) is 5.15. The van der Waals surface area contributed by atoms with Gasteiger partial charge in [-0.3, -0.25) is 4.90 Å². The van der Waals surface area contributed by atoms with Crippen LogP contribution in [0, 0.1) is 0 Å². The van der Waals surface area contributed by atoms with Crippen LogP contribution in [0.25, 0.3) is 10.8 Å². The van der Waals surface area contributed by atoms with Gasteiger partial charge in [-0.15, -0.1) is 11.3 Å². The quantitative estimate of drug-likeness (QED) is 0.839. The van der Waals surface area contributed by atoms with Crippen LogP contribution in [0.3, 0.4) is 0 Å². The van der Waals surface area contributed by atoms with Gasteiger partial charge in [0.05, 0.1) is 10.6 Å². The van der Waals surface area contributed by atoms with E-state index in [2.05, 4.69) is 28.3 Å². The van der Waals surface area contributed by atoms with E-state index < -0.39 is 0 Å². The zero-order chi connectivity index (χ0) is 13.1. The summed E-state index contributed by atoms with van der Waals surface area (Å²) in [4.78, 5) is 8.28. The molecule has 1 atom stereocenters. The van der Waals surface area contributed by atoms with E-state index in [1.807, 2.05) is 12.3 Å². The average Bonchev–Trinajstić information content (AvgIpc) is 3.09. The average molecular weight is 276 g/mol. The number of oxazole rings is 1. The molecule has 1 aliphatic rings. The third-order valence-corrected chi connectivity index (χ3v) is 4.73. The fourth-order valence-electron chi connectivity index (χ4n) is 2.83. The van der Waals surface area contributed by atoms with Crippen LogP contribution >= 0.6 is 11.3 Å². The number of nitrogens with zero attached hydrogens (tertiary/aromatic N) is 2. The second kappa shape index (κ2) is 5.88. The molecule has 0 aromatic carbocycles. The molecule has 0 aliphatic carbocycles. The van der Waals surface area contributed by atoms with Gasteiger partial charge in [-0.1, -0.05) is 19.4 Å². The Kier molecular flexibility index (Phi) is 3.99. The lowest BCUT2D eigenvalue weighted by Crippen LogP contribution is -2.38. The van der Waals surface area contributed by atoms with Crippen molar-refractivity contribution >= 4 is 11.3 Å². The first-order valence-corrected chi connectivity index (χ1v) is 7.97. The van der Waals surface area contributed by atoms with Crippen molar-refractivity contribution in [2.75, 3.05) is 6.54 Å². The minimum Gasteiger partial charge on any atom is -0.444 e. The summed E-state index contributed by atoms with van der Waals surface area (Å²) in [6.07, 6.45) is 7.05. The Morgan fingerprint density at radius 1 is 1.47 bits per heavy atom. The predicted octanol–water partition coefficient (Wildman–Crippen LogP) is 4.17. The van der Waals surface area contributed by atoms with Gasteiger partial charge in [0.15, 0.2) is 0 Å². The summed E-state index contributed by atoms with van der Waals surface area (Å²) in [5.74, 6) is 0.759. The fourth-order valence-corrected chi connectivity index (χ4v) is 3.49. The summed E-state index contributed by atoms with van der Waals surface area (Å²) in [6.45, 7) is 4.40. The van der Waals surface area contributed by atoms with E-state index in [4.69, 9.17) is 4.42 Å². The minimum absolute atomic E-state index is 0.718. The summed E-state index contributed by atoms with van der Waals surface area (Å²) in [6, 6.07) is 4.80. The van der Waals surface area contributed by atoms with Crippen LogP contribution in [0.4, 0.5) is 0 Å². The van der Waals surface area contributed by atoms with Gasteiger partial charge in [0, 0.05) is 12.6 Å². The lowest BCUT2D eigenvalue weighted by Gasteiger charge is -2.34. The molecule has 0 bridgehead atoms. The number of rotatable bonds is 4. The molecule has 19 heavy (non-hydrogen) atoms. The maximum absolute atomic E-state index is 5.59. The fraction of sp³-hybridized carbons (Fsp3) is 0.533. The highest BCUT2D eigenvalue weighted by Crippen LogP contribution is 2.26. The molecule has 0 spiro atoms. The topological polar surface area (TPSA) is 29.3 Å². The van der Waals surface area contributed by atoms with Gasteiger partial charge < -0.3 is 4.42 Å². The van der Waals surface area contributed by atoms with E-state index in [1.165, 1.54) is 32.2 Å². The van der Waals surface area contributed by atoms with Crippen LogP contribution in [0.1, 0.15) is 38.3 Å². The number of hydrogen-bond donors (Lipinski definition) is 0. The smallest absolute Gasteiger partial charge is 0.236 e. The molecule has 0 saturated carbocycles.